The van der Waals surface area contributed by atoms with Gasteiger partial charge in [0.25, 0.3) is 0 Å². The summed E-state index contributed by atoms with van der Waals surface area (Å²) >= 11 is 0. The first-order valence-corrected chi connectivity index (χ1v) is 6.64. The van der Waals surface area contributed by atoms with E-state index in [9.17, 15) is 8.78 Å². The number of benzene rings is 1. The highest BCUT2D eigenvalue weighted by molar-refractivity contribution is 5.24. The van der Waals surface area contributed by atoms with Gasteiger partial charge in [-0.1, -0.05) is 29.8 Å². The summed E-state index contributed by atoms with van der Waals surface area (Å²) in [5.41, 5.74) is 8.19. The maximum absolute atomic E-state index is 13.2. The van der Waals surface area contributed by atoms with Gasteiger partial charge in [-0.05, 0) is 43.7 Å². The van der Waals surface area contributed by atoms with E-state index in [0.29, 0.717) is 13.0 Å². The van der Waals surface area contributed by atoms with Crippen LogP contribution in [0.3, 0.4) is 0 Å². The summed E-state index contributed by atoms with van der Waals surface area (Å²) in [5.74, 6) is -2.11. The molecule has 100 valence electrons. The lowest BCUT2D eigenvalue weighted by atomic mass is 9.87. The second kappa shape index (κ2) is 5.35. The zero-order chi connectivity index (χ0) is 13.2. The molecule has 2 unspecified atom stereocenters. The topological polar surface area (TPSA) is 26.0 Å². The van der Waals surface area contributed by atoms with Crippen LogP contribution in [-0.4, -0.2) is 12.5 Å². The molecule has 3 heteroatoms. The Bertz CT molecular complexity index is 386. The highest BCUT2D eigenvalue weighted by Gasteiger charge is 2.39. The second-order valence-corrected chi connectivity index (χ2v) is 5.54. The molecule has 0 radical (unpaired) electrons. The lowest BCUT2D eigenvalue weighted by Crippen LogP contribution is -2.17. The van der Waals surface area contributed by atoms with Gasteiger partial charge in [0, 0.05) is 12.8 Å². The van der Waals surface area contributed by atoms with Crippen molar-refractivity contribution in [3.05, 3.63) is 35.4 Å². The van der Waals surface area contributed by atoms with Crippen LogP contribution in [0.4, 0.5) is 8.78 Å². The van der Waals surface area contributed by atoms with Crippen molar-refractivity contribution < 1.29 is 8.78 Å². The average Bonchev–Trinajstić information content (AvgIpc) is 2.67. The largest absolute Gasteiger partial charge is 0.330 e. The monoisotopic (exact) mass is 253 g/mol. The van der Waals surface area contributed by atoms with Crippen molar-refractivity contribution in [3.63, 3.8) is 0 Å². The van der Waals surface area contributed by atoms with Crippen LogP contribution in [0.25, 0.3) is 0 Å². The van der Waals surface area contributed by atoms with E-state index in [1.807, 2.05) is 6.92 Å². The number of halogens is 2. The molecule has 1 fully saturated rings. The third-order valence-electron chi connectivity index (χ3n) is 3.96. The van der Waals surface area contributed by atoms with Gasteiger partial charge >= 0.3 is 0 Å². The highest BCUT2D eigenvalue weighted by Crippen LogP contribution is 2.42. The Morgan fingerprint density at radius 2 is 2.00 bits per heavy atom. The van der Waals surface area contributed by atoms with Crippen molar-refractivity contribution in [1.29, 1.82) is 0 Å². The minimum atomic E-state index is -2.45. The van der Waals surface area contributed by atoms with E-state index in [1.165, 1.54) is 11.1 Å². The normalized spacial score (nSPS) is 24.1. The fourth-order valence-corrected chi connectivity index (χ4v) is 2.85. The quantitative estimate of drug-likeness (QED) is 0.866. The third-order valence-corrected chi connectivity index (χ3v) is 3.96. The molecule has 1 saturated carbocycles. The summed E-state index contributed by atoms with van der Waals surface area (Å²) in [6, 6.07) is 8.25. The summed E-state index contributed by atoms with van der Waals surface area (Å²) in [7, 11) is 0. The van der Waals surface area contributed by atoms with Gasteiger partial charge in [0.05, 0.1) is 0 Å². The molecule has 0 aliphatic heterocycles. The minimum Gasteiger partial charge on any atom is -0.330 e. The van der Waals surface area contributed by atoms with Crippen LogP contribution in [0, 0.1) is 12.8 Å². The van der Waals surface area contributed by atoms with Crippen LogP contribution in [-0.2, 0) is 0 Å². The van der Waals surface area contributed by atoms with Crippen LogP contribution in [0.1, 0.15) is 42.7 Å². The van der Waals surface area contributed by atoms with E-state index in [0.717, 1.165) is 6.42 Å². The van der Waals surface area contributed by atoms with Crippen molar-refractivity contribution in [2.45, 2.75) is 44.4 Å². The molecule has 1 aromatic carbocycles. The van der Waals surface area contributed by atoms with Crippen molar-refractivity contribution in [1.82, 2.24) is 0 Å². The minimum absolute atomic E-state index is 0.0371. The Kier molecular flexibility index (Phi) is 4.00. The van der Waals surface area contributed by atoms with Crippen LogP contribution in [0.5, 0.6) is 0 Å². The predicted molar refractivity (Wildman–Crippen MR) is 69.9 cm³/mol. The molecule has 2 rings (SSSR count). The van der Waals surface area contributed by atoms with Gasteiger partial charge in [-0.3, -0.25) is 0 Å². The van der Waals surface area contributed by atoms with Gasteiger partial charge in [0.1, 0.15) is 0 Å². The fourth-order valence-electron chi connectivity index (χ4n) is 2.85. The molecule has 0 spiro atoms. The number of alkyl halides is 2. The van der Waals surface area contributed by atoms with Crippen LogP contribution in [0.2, 0.25) is 0 Å². The standard InChI is InChI=1S/C15H21F2N/c1-11-2-4-13(5-3-11)14(10-18)8-12-6-7-15(16,17)9-12/h2-5,12,14H,6-10,18H2,1H3. The highest BCUT2D eigenvalue weighted by atomic mass is 19.3. The number of nitrogens with two attached hydrogens (primary N) is 1. The summed E-state index contributed by atoms with van der Waals surface area (Å²) in [6.45, 7) is 2.57. The van der Waals surface area contributed by atoms with Gasteiger partial charge in [0.15, 0.2) is 0 Å². The van der Waals surface area contributed by atoms with Crippen LogP contribution >= 0.6 is 0 Å². The Morgan fingerprint density at radius 1 is 1.33 bits per heavy atom. The molecular weight excluding hydrogens is 232 g/mol. The van der Waals surface area contributed by atoms with E-state index in [-0.39, 0.29) is 24.7 Å². The van der Waals surface area contributed by atoms with Crippen molar-refractivity contribution in [2.75, 3.05) is 6.54 Å². The molecule has 0 amide bonds. The zero-order valence-electron chi connectivity index (χ0n) is 10.8. The number of rotatable bonds is 4. The molecule has 2 N–H and O–H groups in total. The summed E-state index contributed by atoms with van der Waals surface area (Å²) in [4.78, 5) is 0. The Morgan fingerprint density at radius 3 is 2.50 bits per heavy atom. The number of hydrogen-bond donors (Lipinski definition) is 1. The van der Waals surface area contributed by atoms with Crippen molar-refractivity contribution >= 4 is 0 Å². The summed E-state index contributed by atoms with van der Waals surface area (Å²) in [6.07, 6.45) is 1.50. The smallest absolute Gasteiger partial charge is 0.248 e. The van der Waals surface area contributed by atoms with E-state index in [2.05, 4.69) is 24.3 Å². The first-order chi connectivity index (χ1) is 8.50. The molecule has 0 aromatic heterocycles. The molecule has 0 bridgehead atoms. The molecule has 18 heavy (non-hydrogen) atoms. The van der Waals surface area contributed by atoms with Gasteiger partial charge in [-0.2, -0.15) is 0 Å². The van der Waals surface area contributed by atoms with Crippen molar-refractivity contribution in [3.8, 4) is 0 Å². The molecular formula is C15H21F2N. The number of hydrogen-bond acceptors (Lipinski definition) is 1. The molecule has 0 saturated heterocycles. The van der Waals surface area contributed by atoms with E-state index in [1.54, 1.807) is 0 Å². The first-order valence-electron chi connectivity index (χ1n) is 6.64. The maximum Gasteiger partial charge on any atom is 0.248 e. The van der Waals surface area contributed by atoms with Gasteiger partial charge in [-0.25, -0.2) is 8.78 Å². The van der Waals surface area contributed by atoms with Gasteiger partial charge < -0.3 is 5.73 Å². The zero-order valence-corrected chi connectivity index (χ0v) is 10.8. The molecule has 0 heterocycles. The molecule has 1 nitrogen and oxygen atoms in total. The van der Waals surface area contributed by atoms with E-state index >= 15 is 0 Å². The number of aryl methyl sites for hydroxylation is 1. The lowest BCUT2D eigenvalue weighted by molar-refractivity contribution is 0.00446. The Hall–Kier alpha value is -0.960. The molecule has 1 aliphatic rings. The van der Waals surface area contributed by atoms with Gasteiger partial charge in [0.2, 0.25) is 5.92 Å². The second-order valence-electron chi connectivity index (χ2n) is 5.54. The molecule has 1 aromatic rings. The third kappa shape index (κ3) is 3.29. The van der Waals surface area contributed by atoms with E-state index < -0.39 is 5.92 Å². The molecule has 2 atom stereocenters. The van der Waals surface area contributed by atoms with Gasteiger partial charge in [-0.15, -0.1) is 0 Å². The Balaban J connectivity index is 2.00. The summed E-state index contributed by atoms with van der Waals surface area (Å²) in [5, 5.41) is 0. The van der Waals surface area contributed by atoms with Crippen molar-refractivity contribution in [2.24, 2.45) is 11.7 Å². The SMILES string of the molecule is Cc1ccc(C(CN)CC2CCC(F)(F)C2)cc1. The predicted octanol–water partition coefficient (Wildman–Crippen LogP) is 3.86. The maximum atomic E-state index is 13.2. The van der Waals surface area contributed by atoms with Crippen LogP contribution < -0.4 is 5.73 Å². The van der Waals surface area contributed by atoms with Crippen LogP contribution in [0.15, 0.2) is 24.3 Å². The first kappa shape index (κ1) is 13.5. The Labute approximate surface area is 107 Å². The fraction of sp³-hybridized carbons (Fsp3) is 0.600. The summed E-state index contributed by atoms with van der Waals surface area (Å²) < 4.78 is 26.3. The average molecular weight is 253 g/mol. The lowest BCUT2D eigenvalue weighted by Gasteiger charge is -2.19. The molecule has 1 aliphatic carbocycles. The van der Waals surface area contributed by atoms with E-state index in [4.69, 9.17) is 5.73 Å².